The van der Waals surface area contributed by atoms with E-state index in [-0.39, 0.29) is 11.8 Å². The fourth-order valence-electron chi connectivity index (χ4n) is 2.48. The Hall–Kier alpha value is -3.80. The molecule has 6 N–H and O–H groups in total. The van der Waals surface area contributed by atoms with E-state index in [2.05, 4.69) is 10.6 Å². The van der Waals surface area contributed by atoms with E-state index in [4.69, 9.17) is 11.5 Å². The normalized spacial score (nSPS) is 10.2. The zero-order valence-corrected chi connectivity index (χ0v) is 13.9. The van der Waals surface area contributed by atoms with Gasteiger partial charge in [-0.25, -0.2) is 0 Å². The molecule has 0 saturated carbocycles. The second-order valence-corrected chi connectivity index (χ2v) is 5.66. The molecule has 0 aliphatic carbocycles. The minimum atomic E-state index is -0.320. The Morgan fingerprint density at radius 1 is 0.615 bits per heavy atom. The van der Waals surface area contributed by atoms with Crippen molar-refractivity contribution in [1.82, 2.24) is 0 Å². The number of nitrogens with one attached hydrogen (secondary N) is 2. The van der Waals surface area contributed by atoms with Crippen molar-refractivity contribution in [3.8, 4) is 0 Å². The third-order valence-electron chi connectivity index (χ3n) is 3.79. The van der Waals surface area contributed by atoms with Crippen LogP contribution in [-0.4, -0.2) is 11.8 Å². The molecule has 0 saturated heterocycles. The SMILES string of the molecule is Nc1ccccc1C(=O)Nc1cccc(NC(=O)c2ccccc2N)c1. The number of carbonyl (C=O) groups excluding carboxylic acids is 2. The molecule has 2 amide bonds. The molecule has 0 spiro atoms. The highest BCUT2D eigenvalue weighted by molar-refractivity contribution is 6.09. The summed E-state index contributed by atoms with van der Waals surface area (Å²) in [4.78, 5) is 24.7. The molecule has 0 aromatic heterocycles. The number of anilines is 4. The van der Waals surface area contributed by atoms with Gasteiger partial charge in [-0.3, -0.25) is 9.59 Å². The molecule has 3 rings (SSSR count). The quantitative estimate of drug-likeness (QED) is 0.543. The summed E-state index contributed by atoms with van der Waals surface area (Å²) < 4.78 is 0. The number of benzene rings is 3. The smallest absolute Gasteiger partial charge is 0.257 e. The van der Waals surface area contributed by atoms with E-state index >= 15 is 0 Å². The Morgan fingerprint density at radius 2 is 1.04 bits per heavy atom. The van der Waals surface area contributed by atoms with E-state index in [0.717, 1.165) is 0 Å². The Labute approximate surface area is 150 Å². The molecule has 0 bridgehead atoms. The van der Waals surface area contributed by atoms with Gasteiger partial charge in [-0.2, -0.15) is 0 Å². The monoisotopic (exact) mass is 346 g/mol. The third-order valence-corrected chi connectivity index (χ3v) is 3.79. The molecule has 3 aromatic rings. The van der Waals surface area contributed by atoms with Gasteiger partial charge in [0.25, 0.3) is 11.8 Å². The molecule has 26 heavy (non-hydrogen) atoms. The van der Waals surface area contributed by atoms with E-state index in [1.807, 2.05) is 0 Å². The zero-order chi connectivity index (χ0) is 18.5. The molecule has 0 aliphatic heterocycles. The number of amides is 2. The summed E-state index contributed by atoms with van der Waals surface area (Å²) in [5, 5.41) is 5.54. The fraction of sp³-hybridized carbons (Fsp3) is 0. The van der Waals surface area contributed by atoms with Gasteiger partial charge in [-0.05, 0) is 42.5 Å². The summed E-state index contributed by atoms with van der Waals surface area (Å²) in [5.41, 5.74) is 14.3. The van der Waals surface area contributed by atoms with Crippen molar-refractivity contribution in [1.29, 1.82) is 0 Å². The number of nitrogen functional groups attached to an aromatic ring is 2. The van der Waals surface area contributed by atoms with Gasteiger partial charge in [-0.15, -0.1) is 0 Å². The molecule has 0 fully saturated rings. The van der Waals surface area contributed by atoms with Crippen molar-refractivity contribution in [3.63, 3.8) is 0 Å². The van der Waals surface area contributed by atoms with Gasteiger partial charge >= 0.3 is 0 Å². The van der Waals surface area contributed by atoms with Crippen molar-refractivity contribution < 1.29 is 9.59 Å². The lowest BCUT2D eigenvalue weighted by Crippen LogP contribution is -2.15. The van der Waals surface area contributed by atoms with E-state index in [1.165, 1.54) is 0 Å². The van der Waals surface area contributed by atoms with E-state index in [0.29, 0.717) is 33.9 Å². The van der Waals surface area contributed by atoms with Crippen LogP contribution < -0.4 is 22.1 Å². The Kier molecular flexibility index (Phi) is 4.85. The van der Waals surface area contributed by atoms with Gasteiger partial charge in [0, 0.05) is 22.7 Å². The van der Waals surface area contributed by atoms with Gasteiger partial charge in [0.2, 0.25) is 0 Å². The number of nitrogens with two attached hydrogens (primary N) is 2. The van der Waals surface area contributed by atoms with Crippen molar-refractivity contribution in [3.05, 3.63) is 83.9 Å². The topological polar surface area (TPSA) is 110 Å². The first kappa shape index (κ1) is 17.0. The minimum Gasteiger partial charge on any atom is -0.398 e. The minimum absolute atomic E-state index is 0.320. The Balaban J connectivity index is 1.74. The molecule has 0 radical (unpaired) electrons. The first-order valence-corrected chi connectivity index (χ1v) is 7.96. The molecular formula is C20H18N4O2. The van der Waals surface area contributed by atoms with Gasteiger partial charge in [0.15, 0.2) is 0 Å². The van der Waals surface area contributed by atoms with Crippen LogP contribution >= 0.6 is 0 Å². The average molecular weight is 346 g/mol. The molecule has 6 nitrogen and oxygen atoms in total. The van der Waals surface area contributed by atoms with Crippen molar-refractivity contribution in [2.24, 2.45) is 0 Å². The standard InChI is InChI=1S/C20H18N4O2/c21-17-10-3-1-8-15(17)19(25)23-13-6-5-7-14(12-13)24-20(26)16-9-2-4-11-18(16)22/h1-12H,21-22H2,(H,23,25)(H,24,26). The molecule has 0 atom stereocenters. The Bertz CT molecular complexity index is 895. The number of carbonyl (C=O) groups is 2. The van der Waals surface area contributed by atoms with Crippen molar-refractivity contribution in [2.45, 2.75) is 0 Å². The van der Waals surface area contributed by atoms with Crippen LogP contribution in [0.2, 0.25) is 0 Å². The molecular weight excluding hydrogens is 328 g/mol. The van der Waals surface area contributed by atoms with Gasteiger partial charge in [0.1, 0.15) is 0 Å². The third kappa shape index (κ3) is 3.81. The van der Waals surface area contributed by atoms with Crippen LogP contribution in [-0.2, 0) is 0 Å². The lowest BCUT2D eigenvalue weighted by Gasteiger charge is -2.10. The number of rotatable bonds is 4. The van der Waals surface area contributed by atoms with E-state index < -0.39 is 0 Å². The first-order chi connectivity index (χ1) is 12.5. The summed E-state index contributed by atoms with van der Waals surface area (Å²) >= 11 is 0. The lowest BCUT2D eigenvalue weighted by atomic mass is 10.1. The highest BCUT2D eigenvalue weighted by atomic mass is 16.2. The predicted molar refractivity (Wildman–Crippen MR) is 104 cm³/mol. The summed E-state index contributed by atoms with van der Waals surface area (Å²) in [6.45, 7) is 0. The van der Waals surface area contributed by atoms with Crippen LogP contribution in [0.25, 0.3) is 0 Å². The summed E-state index contributed by atoms with van der Waals surface area (Å²) in [5.74, 6) is -0.641. The molecule has 3 aromatic carbocycles. The van der Waals surface area contributed by atoms with Crippen LogP contribution in [0.3, 0.4) is 0 Å². The maximum Gasteiger partial charge on any atom is 0.257 e. The second kappa shape index (κ2) is 7.40. The molecule has 0 aliphatic rings. The molecule has 130 valence electrons. The van der Waals surface area contributed by atoms with Gasteiger partial charge < -0.3 is 22.1 Å². The highest BCUT2D eigenvalue weighted by Crippen LogP contribution is 2.19. The maximum absolute atomic E-state index is 12.3. The van der Waals surface area contributed by atoms with Gasteiger partial charge in [-0.1, -0.05) is 30.3 Å². The zero-order valence-electron chi connectivity index (χ0n) is 13.9. The van der Waals surface area contributed by atoms with E-state index in [9.17, 15) is 9.59 Å². The predicted octanol–water partition coefficient (Wildman–Crippen LogP) is 3.36. The van der Waals surface area contributed by atoms with E-state index in [1.54, 1.807) is 72.8 Å². The Morgan fingerprint density at radius 3 is 1.46 bits per heavy atom. The van der Waals surface area contributed by atoms with Crippen LogP contribution in [0, 0.1) is 0 Å². The van der Waals surface area contributed by atoms with Crippen LogP contribution in [0.15, 0.2) is 72.8 Å². The lowest BCUT2D eigenvalue weighted by molar-refractivity contribution is 0.102. The van der Waals surface area contributed by atoms with Crippen LogP contribution in [0.1, 0.15) is 20.7 Å². The van der Waals surface area contributed by atoms with Gasteiger partial charge in [0.05, 0.1) is 11.1 Å². The van der Waals surface area contributed by atoms with Crippen LogP contribution in [0.4, 0.5) is 22.7 Å². The van der Waals surface area contributed by atoms with Crippen LogP contribution in [0.5, 0.6) is 0 Å². The second-order valence-electron chi connectivity index (χ2n) is 5.66. The number of hydrogen-bond donors (Lipinski definition) is 4. The average Bonchev–Trinajstić information content (AvgIpc) is 2.62. The summed E-state index contributed by atoms with van der Waals surface area (Å²) in [6, 6.07) is 20.5. The molecule has 6 heteroatoms. The highest BCUT2D eigenvalue weighted by Gasteiger charge is 2.11. The first-order valence-electron chi connectivity index (χ1n) is 7.96. The summed E-state index contributed by atoms with van der Waals surface area (Å²) in [6.07, 6.45) is 0. The number of para-hydroxylation sites is 2. The number of hydrogen-bond acceptors (Lipinski definition) is 4. The maximum atomic E-state index is 12.3. The van der Waals surface area contributed by atoms with Crippen molar-refractivity contribution in [2.75, 3.05) is 22.1 Å². The molecule has 0 unspecified atom stereocenters. The fourth-order valence-corrected chi connectivity index (χ4v) is 2.48. The molecule has 0 heterocycles. The largest absolute Gasteiger partial charge is 0.398 e. The van der Waals surface area contributed by atoms with Crippen molar-refractivity contribution >= 4 is 34.6 Å². The summed E-state index contributed by atoms with van der Waals surface area (Å²) in [7, 11) is 0.